The van der Waals surface area contributed by atoms with Gasteiger partial charge in [-0.1, -0.05) is 0 Å². The summed E-state index contributed by atoms with van der Waals surface area (Å²) in [6, 6.07) is 0. The molecule has 0 unspecified atom stereocenters. The number of methoxy groups -OCH3 is 2. The molecule has 0 N–H and O–H groups in total. The second-order valence-electron chi connectivity index (χ2n) is 1.97. The van der Waals surface area contributed by atoms with Gasteiger partial charge in [0.25, 0.3) is 0 Å². The molecule has 0 aliphatic carbocycles. The standard InChI is InChI=1S/C6H6N3O4/c1-12-5(10)3-4(6(11)13-2)8-9-7-3/h1-2H3. The summed E-state index contributed by atoms with van der Waals surface area (Å²) < 4.78 is 8.68. The molecule has 0 amide bonds. The quantitative estimate of drug-likeness (QED) is 0.542. The number of esters is 2. The van der Waals surface area contributed by atoms with Crippen LogP contribution in [0.25, 0.3) is 0 Å². The van der Waals surface area contributed by atoms with Crippen molar-refractivity contribution in [1.29, 1.82) is 0 Å². The molecule has 0 atom stereocenters. The van der Waals surface area contributed by atoms with Crippen LogP contribution in [0.2, 0.25) is 0 Å². The number of carbonyl (C=O) groups excluding carboxylic acids is 2. The molecule has 0 aromatic rings. The van der Waals surface area contributed by atoms with Crippen LogP contribution in [0.3, 0.4) is 0 Å². The first-order valence-corrected chi connectivity index (χ1v) is 3.23. The molecule has 0 fully saturated rings. The lowest BCUT2D eigenvalue weighted by atomic mass is 10.3. The van der Waals surface area contributed by atoms with E-state index in [1.165, 1.54) is 0 Å². The van der Waals surface area contributed by atoms with Crippen molar-refractivity contribution in [3.05, 3.63) is 11.4 Å². The number of ether oxygens (including phenoxy) is 2. The molecule has 1 aliphatic rings. The van der Waals surface area contributed by atoms with Gasteiger partial charge in [0, 0.05) is 0 Å². The van der Waals surface area contributed by atoms with Gasteiger partial charge in [0.2, 0.25) is 11.4 Å². The van der Waals surface area contributed by atoms with Crippen LogP contribution in [0.5, 0.6) is 0 Å². The Balaban J connectivity index is 2.94. The van der Waals surface area contributed by atoms with Crippen molar-refractivity contribution in [2.75, 3.05) is 14.2 Å². The highest BCUT2D eigenvalue weighted by Gasteiger charge is 2.28. The van der Waals surface area contributed by atoms with Crippen LogP contribution in [-0.2, 0) is 19.1 Å². The zero-order valence-electron chi connectivity index (χ0n) is 6.97. The predicted molar refractivity (Wildman–Crippen MR) is 38.0 cm³/mol. The molecular weight excluding hydrogens is 178 g/mol. The van der Waals surface area contributed by atoms with E-state index < -0.39 is 11.9 Å². The van der Waals surface area contributed by atoms with E-state index in [-0.39, 0.29) is 11.4 Å². The van der Waals surface area contributed by atoms with Crippen molar-refractivity contribution in [3.63, 3.8) is 0 Å². The first kappa shape index (κ1) is 9.17. The summed E-state index contributed by atoms with van der Waals surface area (Å²) in [5, 5.41) is 6.48. The minimum Gasteiger partial charge on any atom is -0.464 e. The Hall–Kier alpha value is -1.92. The van der Waals surface area contributed by atoms with Crippen LogP contribution in [0.1, 0.15) is 0 Å². The molecule has 7 nitrogen and oxygen atoms in total. The SMILES string of the molecule is COC(=O)C1=C(C(=O)OC)N=N[N]1. The van der Waals surface area contributed by atoms with Crippen LogP contribution >= 0.6 is 0 Å². The fourth-order valence-electron chi connectivity index (χ4n) is 0.675. The molecule has 7 heteroatoms. The van der Waals surface area contributed by atoms with E-state index in [9.17, 15) is 9.59 Å². The summed E-state index contributed by atoms with van der Waals surface area (Å²) in [5.41, 5.74) is 2.84. The van der Waals surface area contributed by atoms with Crippen molar-refractivity contribution in [3.8, 4) is 0 Å². The van der Waals surface area contributed by atoms with Gasteiger partial charge in [0.1, 0.15) is 0 Å². The summed E-state index contributed by atoms with van der Waals surface area (Å²) >= 11 is 0. The summed E-state index contributed by atoms with van der Waals surface area (Å²) in [7, 11) is 2.33. The van der Waals surface area contributed by atoms with Crippen molar-refractivity contribution in [2.24, 2.45) is 10.3 Å². The van der Waals surface area contributed by atoms with Crippen LogP contribution in [0.15, 0.2) is 21.7 Å². The molecule has 1 radical (unpaired) electrons. The Kier molecular flexibility index (Phi) is 2.58. The van der Waals surface area contributed by atoms with Gasteiger partial charge in [0.15, 0.2) is 0 Å². The molecular formula is C6H6N3O4. The third-order valence-corrected chi connectivity index (χ3v) is 1.27. The molecule has 0 bridgehead atoms. The van der Waals surface area contributed by atoms with Crippen molar-refractivity contribution in [2.45, 2.75) is 0 Å². The third kappa shape index (κ3) is 1.63. The maximum Gasteiger partial charge on any atom is 0.361 e. The van der Waals surface area contributed by atoms with E-state index in [0.717, 1.165) is 14.2 Å². The lowest BCUT2D eigenvalue weighted by Gasteiger charge is -1.98. The van der Waals surface area contributed by atoms with Crippen molar-refractivity contribution >= 4 is 11.9 Å². The Morgan fingerprint density at radius 1 is 1.08 bits per heavy atom. The minimum atomic E-state index is -0.773. The lowest BCUT2D eigenvalue weighted by molar-refractivity contribution is -0.139. The van der Waals surface area contributed by atoms with E-state index in [2.05, 4.69) is 25.2 Å². The molecule has 0 aromatic heterocycles. The molecule has 1 heterocycles. The lowest BCUT2D eigenvalue weighted by Crippen LogP contribution is -2.14. The van der Waals surface area contributed by atoms with Crippen LogP contribution < -0.4 is 5.43 Å². The average Bonchev–Trinajstić information content (AvgIpc) is 2.63. The van der Waals surface area contributed by atoms with Crippen LogP contribution in [0.4, 0.5) is 0 Å². The van der Waals surface area contributed by atoms with Gasteiger partial charge in [-0.3, -0.25) is 0 Å². The van der Waals surface area contributed by atoms with Gasteiger partial charge in [-0.15, -0.1) is 10.5 Å². The monoisotopic (exact) mass is 184 g/mol. The largest absolute Gasteiger partial charge is 0.464 e. The van der Waals surface area contributed by atoms with Gasteiger partial charge < -0.3 is 9.47 Å². The molecule has 0 saturated heterocycles. The minimum absolute atomic E-state index is 0.241. The average molecular weight is 184 g/mol. The van der Waals surface area contributed by atoms with E-state index >= 15 is 0 Å². The maximum atomic E-state index is 10.9. The van der Waals surface area contributed by atoms with Crippen molar-refractivity contribution < 1.29 is 19.1 Å². The topological polar surface area (TPSA) is 91.4 Å². The smallest absolute Gasteiger partial charge is 0.361 e. The summed E-state index contributed by atoms with van der Waals surface area (Å²) in [4.78, 5) is 21.9. The van der Waals surface area contributed by atoms with Gasteiger partial charge in [-0.2, -0.15) is 0 Å². The van der Waals surface area contributed by atoms with Crippen LogP contribution in [-0.4, -0.2) is 26.2 Å². The molecule has 69 valence electrons. The summed E-state index contributed by atoms with van der Waals surface area (Å²) in [6.45, 7) is 0. The number of nitrogens with zero attached hydrogens (tertiary/aromatic N) is 3. The maximum absolute atomic E-state index is 10.9. The highest BCUT2D eigenvalue weighted by Crippen LogP contribution is 2.14. The van der Waals surface area contributed by atoms with Crippen molar-refractivity contribution in [1.82, 2.24) is 5.43 Å². The van der Waals surface area contributed by atoms with Gasteiger partial charge >= 0.3 is 11.9 Å². The Morgan fingerprint density at radius 2 is 1.62 bits per heavy atom. The summed E-state index contributed by atoms with van der Waals surface area (Å²) in [6.07, 6.45) is 0. The molecule has 1 aliphatic heterocycles. The fraction of sp³-hybridized carbons (Fsp3) is 0.333. The van der Waals surface area contributed by atoms with E-state index in [4.69, 9.17) is 0 Å². The molecule has 0 aromatic carbocycles. The highest BCUT2D eigenvalue weighted by molar-refractivity contribution is 5.99. The Labute approximate surface area is 73.4 Å². The Bertz CT molecular complexity index is 307. The fourth-order valence-corrected chi connectivity index (χ4v) is 0.675. The van der Waals surface area contributed by atoms with E-state index in [1.807, 2.05) is 0 Å². The predicted octanol–water partition coefficient (Wildman–Crippen LogP) is -0.471. The number of rotatable bonds is 2. The zero-order valence-corrected chi connectivity index (χ0v) is 6.97. The third-order valence-electron chi connectivity index (χ3n) is 1.27. The molecule has 1 rings (SSSR count). The molecule has 0 spiro atoms. The summed E-state index contributed by atoms with van der Waals surface area (Å²) in [5.74, 6) is -1.55. The second-order valence-corrected chi connectivity index (χ2v) is 1.97. The highest BCUT2D eigenvalue weighted by atomic mass is 16.5. The van der Waals surface area contributed by atoms with Gasteiger partial charge in [0.05, 0.1) is 14.2 Å². The second kappa shape index (κ2) is 3.65. The van der Waals surface area contributed by atoms with E-state index in [1.54, 1.807) is 0 Å². The first-order valence-electron chi connectivity index (χ1n) is 3.23. The zero-order chi connectivity index (χ0) is 9.84. The van der Waals surface area contributed by atoms with Gasteiger partial charge in [-0.25, -0.2) is 9.59 Å². The molecule has 13 heavy (non-hydrogen) atoms. The number of hydrogen-bond acceptors (Lipinski definition) is 6. The molecule has 0 saturated carbocycles. The number of hydrogen-bond donors (Lipinski definition) is 0. The Morgan fingerprint density at radius 3 is 2.15 bits per heavy atom. The van der Waals surface area contributed by atoms with E-state index in [0.29, 0.717) is 0 Å². The van der Waals surface area contributed by atoms with Crippen LogP contribution in [0, 0.1) is 0 Å². The first-order chi connectivity index (χ1) is 6.20. The number of carbonyl (C=O) groups is 2. The normalized spacial score (nSPS) is 14.0. The van der Waals surface area contributed by atoms with Gasteiger partial charge in [-0.05, 0) is 5.22 Å².